The van der Waals surface area contributed by atoms with Crippen molar-refractivity contribution >= 4 is 11.6 Å². The molecular formula is C14H16ClN3O2. The summed E-state index contributed by atoms with van der Waals surface area (Å²) in [5.41, 5.74) is 6.27. The standard InChI is InChI=1S/C14H16ClN3O2/c1-2-18-14(19)13(15)12(9-17-18)20-11-5-3-10(4-6-11)7-8-16/h3-6,9H,2,7-8,16H2,1H3. The zero-order valence-electron chi connectivity index (χ0n) is 11.2. The smallest absolute Gasteiger partial charge is 0.289 e. The second kappa shape index (κ2) is 6.54. The van der Waals surface area contributed by atoms with Gasteiger partial charge in [-0.2, -0.15) is 5.10 Å². The number of rotatable bonds is 5. The molecule has 0 aliphatic heterocycles. The topological polar surface area (TPSA) is 70.1 Å². The zero-order chi connectivity index (χ0) is 14.5. The van der Waals surface area contributed by atoms with E-state index in [0.29, 0.717) is 18.8 Å². The Balaban J connectivity index is 2.22. The van der Waals surface area contributed by atoms with Gasteiger partial charge in [0.2, 0.25) is 0 Å². The largest absolute Gasteiger partial charge is 0.454 e. The van der Waals surface area contributed by atoms with Crippen molar-refractivity contribution in [2.75, 3.05) is 6.54 Å². The number of benzene rings is 1. The van der Waals surface area contributed by atoms with Gasteiger partial charge in [0, 0.05) is 6.54 Å². The minimum Gasteiger partial charge on any atom is -0.454 e. The Labute approximate surface area is 121 Å². The molecule has 2 N–H and O–H groups in total. The van der Waals surface area contributed by atoms with Gasteiger partial charge < -0.3 is 10.5 Å². The number of nitrogens with two attached hydrogens (primary N) is 1. The van der Waals surface area contributed by atoms with Crippen LogP contribution in [0.5, 0.6) is 11.5 Å². The molecular weight excluding hydrogens is 278 g/mol. The zero-order valence-corrected chi connectivity index (χ0v) is 11.9. The highest BCUT2D eigenvalue weighted by molar-refractivity contribution is 6.31. The maximum Gasteiger partial charge on any atom is 0.289 e. The summed E-state index contributed by atoms with van der Waals surface area (Å²) < 4.78 is 6.86. The average molecular weight is 294 g/mol. The lowest BCUT2D eigenvalue weighted by atomic mass is 10.1. The monoisotopic (exact) mass is 293 g/mol. The van der Waals surface area contributed by atoms with Crippen molar-refractivity contribution in [1.82, 2.24) is 9.78 Å². The summed E-state index contributed by atoms with van der Waals surface area (Å²) in [5, 5.41) is 4.01. The lowest BCUT2D eigenvalue weighted by Crippen LogP contribution is -2.22. The highest BCUT2D eigenvalue weighted by Gasteiger charge is 2.10. The van der Waals surface area contributed by atoms with Crippen molar-refractivity contribution in [3.63, 3.8) is 0 Å². The van der Waals surface area contributed by atoms with Crippen molar-refractivity contribution in [1.29, 1.82) is 0 Å². The van der Waals surface area contributed by atoms with Gasteiger partial charge in [-0.3, -0.25) is 4.79 Å². The van der Waals surface area contributed by atoms with Crippen LogP contribution in [0.25, 0.3) is 0 Å². The Bertz CT molecular complexity index is 638. The number of aromatic nitrogens is 2. The molecule has 0 aliphatic rings. The van der Waals surface area contributed by atoms with Crippen molar-refractivity contribution in [2.45, 2.75) is 19.9 Å². The SMILES string of the molecule is CCn1ncc(Oc2ccc(CCN)cc2)c(Cl)c1=O. The fourth-order valence-electron chi connectivity index (χ4n) is 1.76. The van der Waals surface area contributed by atoms with Crippen LogP contribution in [0.1, 0.15) is 12.5 Å². The quantitative estimate of drug-likeness (QED) is 0.917. The summed E-state index contributed by atoms with van der Waals surface area (Å²) in [5.74, 6) is 0.857. The van der Waals surface area contributed by atoms with E-state index in [-0.39, 0.29) is 16.3 Å². The maximum absolute atomic E-state index is 11.8. The fourth-order valence-corrected chi connectivity index (χ4v) is 1.95. The number of ether oxygens (including phenoxy) is 1. The second-order valence-corrected chi connectivity index (χ2v) is 4.61. The molecule has 5 nitrogen and oxygen atoms in total. The third kappa shape index (κ3) is 3.18. The molecule has 0 amide bonds. The summed E-state index contributed by atoms with van der Waals surface area (Å²) >= 11 is 5.99. The second-order valence-electron chi connectivity index (χ2n) is 4.23. The Morgan fingerprint density at radius 1 is 1.35 bits per heavy atom. The van der Waals surface area contributed by atoms with Crippen molar-refractivity contribution in [3.05, 3.63) is 51.4 Å². The third-order valence-electron chi connectivity index (χ3n) is 2.84. The predicted octanol–water partition coefficient (Wildman–Crippen LogP) is 2.21. The molecule has 1 aromatic heterocycles. The van der Waals surface area contributed by atoms with Crippen LogP contribution < -0.4 is 16.0 Å². The number of halogens is 1. The van der Waals surface area contributed by atoms with Crippen LogP contribution in [0, 0.1) is 0 Å². The molecule has 0 spiro atoms. The first-order valence-corrected chi connectivity index (χ1v) is 6.76. The van der Waals surface area contributed by atoms with Crippen molar-refractivity contribution < 1.29 is 4.74 Å². The fraction of sp³-hybridized carbons (Fsp3) is 0.286. The number of hydrogen-bond acceptors (Lipinski definition) is 4. The van der Waals surface area contributed by atoms with E-state index in [9.17, 15) is 4.79 Å². The third-order valence-corrected chi connectivity index (χ3v) is 3.18. The predicted molar refractivity (Wildman–Crippen MR) is 78.5 cm³/mol. The molecule has 6 heteroatoms. The highest BCUT2D eigenvalue weighted by Crippen LogP contribution is 2.25. The Morgan fingerprint density at radius 2 is 2.05 bits per heavy atom. The molecule has 2 rings (SSSR count). The molecule has 0 saturated heterocycles. The van der Waals surface area contributed by atoms with E-state index in [1.165, 1.54) is 10.9 Å². The summed E-state index contributed by atoms with van der Waals surface area (Å²) in [6.07, 6.45) is 2.26. The van der Waals surface area contributed by atoms with Gasteiger partial charge in [-0.05, 0) is 37.6 Å². The molecule has 0 aliphatic carbocycles. The van der Waals surface area contributed by atoms with Crippen LogP contribution in [-0.4, -0.2) is 16.3 Å². The lowest BCUT2D eigenvalue weighted by Gasteiger charge is -2.09. The van der Waals surface area contributed by atoms with E-state index >= 15 is 0 Å². The molecule has 0 atom stereocenters. The van der Waals surface area contributed by atoms with Gasteiger partial charge in [-0.15, -0.1) is 0 Å². The highest BCUT2D eigenvalue weighted by atomic mass is 35.5. The van der Waals surface area contributed by atoms with Crippen LogP contribution in [0.4, 0.5) is 0 Å². The Morgan fingerprint density at radius 3 is 2.65 bits per heavy atom. The van der Waals surface area contributed by atoms with Crippen molar-refractivity contribution in [2.24, 2.45) is 5.73 Å². The van der Waals surface area contributed by atoms with E-state index in [4.69, 9.17) is 22.1 Å². The van der Waals surface area contributed by atoms with E-state index in [1.807, 2.05) is 31.2 Å². The normalized spacial score (nSPS) is 10.6. The van der Waals surface area contributed by atoms with Gasteiger partial charge in [-0.25, -0.2) is 4.68 Å². The molecule has 106 valence electrons. The van der Waals surface area contributed by atoms with Gasteiger partial charge in [0.05, 0.1) is 6.20 Å². The van der Waals surface area contributed by atoms with Gasteiger partial charge >= 0.3 is 0 Å². The molecule has 0 saturated carbocycles. The van der Waals surface area contributed by atoms with Gasteiger partial charge in [0.25, 0.3) is 5.56 Å². The Kier molecular flexibility index (Phi) is 4.76. The minimum atomic E-state index is -0.355. The molecule has 1 heterocycles. The van der Waals surface area contributed by atoms with Crippen LogP contribution in [0.15, 0.2) is 35.3 Å². The molecule has 20 heavy (non-hydrogen) atoms. The first-order valence-electron chi connectivity index (χ1n) is 6.38. The van der Waals surface area contributed by atoms with Crippen LogP contribution in [-0.2, 0) is 13.0 Å². The first kappa shape index (κ1) is 14.6. The summed E-state index contributed by atoms with van der Waals surface area (Å²) in [4.78, 5) is 11.8. The number of nitrogens with zero attached hydrogens (tertiary/aromatic N) is 2. The summed E-state index contributed by atoms with van der Waals surface area (Å²) in [7, 11) is 0. The van der Waals surface area contributed by atoms with E-state index in [0.717, 1.165) is 12.0 Å². The van der Waals surface area contributed by atoms with Gasteiger partial charge in [0.1, 0.15) is 5.75 Å². The lowest BCUT2D eigenvalue weighted by molar-refractivity contribution is 0.469. The van der Waals surface area contributed by atoms with Crippen LogP contribution in [0.3, 0.4) is 0 Å². The molecule has 2 aromatic rings. The molecule has 0 fully saturated rings. The van der Waals surface area contributed by atoms with E-state index in [2.05, 4.69) is 5.10 Å². The average Bonchev–Trinajstić information content (AvgIpc) is 2.46. The van der Waals surface area contributed by atoms with Gasteiger partial charge in [0.15, 0.2) is 10.8 Å². The first-order chi connectivity index (χ1) is 9.65. The molecule has 0 unspecified atom stereocenters. The molecule has 0 radical (unpaired) electrons. The van der Waals surface area contributed by atoms with Crippen LogP contribution >= 0.6 is 11.6 Å². The van der Waals surface area contributed by atoms with Crippen LogP contribution in [0.2, 0.25) is 5.02 Å². The summed E-state index contributed by atoms with van der Waals surface area (Å²) in [6.45, 7) is 2.89. The number of aryl methyl sites for hydroxylation is 1. The Hall–Kier alpha value is -1.85. The summed E-state index contributed by atoms with van der Waals surface area (Å²) in [6, 6.07) is 7.48. The minimum absolute atomic E-state index is 0.0351. The molecule has 1 aromatic carbocycles. The number of hydrogen-bond donors (Lipinski definition) is 1. The molecule has 0 bridgehead atoms. The van der Waals surface area contributed by atoms with Crippen molar-refractivity contribution in [3.8, 4) is 11.5 Å². The van der Waals surface area contributed by atoms with E-state index < -0.39 is 0 Å². The van der Waals surface area contributed by atoms with E-state index in [1.54, 1.807) is 0 Å². The maximum atomic E-state index is 11.8. The van der Waals surface area contributed by atoms with Gasteiger partial charge in [-0.1, -0.05) is 23.7 Å².